The first kappa shape index (κ1) is 12.4. The zero-order valence-electron chi connectivity index (χ0n) is 9.01. The monoisotopic (exact) mass is 236 g/mol. The molecule has 3 nitrogen and oxygen atoms in total. The highest BCUT2D eigenvalue weighted by Crippen LogP contribution is 2.22. The van der Waals surface area contributed by atoms with Gasteiger partial charge in [-0.1, -0.05) is 17.7 Å². The molecule has 0 saturated heterocycles. The quantitative estimate of drug-likeness (QED) is 0.480. The normalized spacial score (nSPS) is 9.12. The smallest absolute Gasteiger partial charge is 0.252 e. The van der Waals surface area contributed by atoms with Crippen molar-refractivity contribution >= 4 is 23.2 Å². The van der Waals surface area contributed by atoms with Gasteiger partial charge < -0.3 is 11.1 Å². The molecule has 0 fully saturated rings. The lowest BCUT2D eigenvalue weighted by Crippen LogP contribution is -2.24. The number of rotatable bonds is 3. The van der Waals surface area contributed by atoms with Crippen LogP contribution < -0.4 is 11.1 Å². The Kier molecular flexibility index (Phi) is 4.68. The first-order valence-electron chi connectivity index (χ1n) is 4.88. The molecular weight excluding hydrogens is 224 g/mol. The summed E-state index contributed by atoms with van der Waals surface area (Å²) < 4.78 is 0. The Morgan fingerprint density at radius 1 is 1.56 bits per heavy atom. The third-order valence-corrected chi connectivity index (χ3v) is 2.41. The Balaban J connectivity index is 2.65. The van der Waals surface area contributed by atoms with Crippen LogP contribution >= 0.6 is 11.6 Å². The van der Waals surface area contributed by atoms with Crippen molar-refractivity contribution in [3.05, 3.63) is 28.8 Å². The molecule has 1 aromatic rings. The van der Waals surface area contributed by atoms with E-state index in [-0.39, 0.29) is 5.91 Å². The standard InChI is InChI=1S/C12H13ClN2O/c1-2-3-4-8-15-12(16)9-6-5-7-10(14)11(9)13/h5-7H,4,8,14H2,1H3,(H,15,16). The fourth-order valence-electron chi connectivity index (χ4n) is 1.18. The zero-order valence-corrected chi connectivity index (χ0v) is 9.77. The predicted molar refractivity (Wildman–Crippen MR) is 66.3 cm³/mol. The van der Waals surface area contributed by atoms with Crippen molar-refractivity contribution in [2.45, 2.75) is 13.3 Å². The molecule has 1 amide bonds. The van der Waals surface area contributed by atoms with Gasteiger partial charge in [0.15, 0.2) is 0 Å². The topological polar surface area (TPSA) is 55.1 Å². The molecule has 4 heteroatoms. The van der Waals surface area contributed by atoms with Crippen molar-refractivity contribution in [3.63, 3.8) is 0 Å². The SMILES string of the molecule is CC#CCCNC(=O)c1cccc(N)c1Cl. The molecule has 0 heterocycles. The number of nitrogens with one attached hydrogen (secondary N) is 1. The summed E-state index contributed by atoms with van der Waals surface area (Å²) in [7, 11) is 0. The highest BCUT2D eigenvalue weighted by molar-refractivity contribution is 6.36. The number of nitrogen functional groups attached to an aromatic ring is 1. The number of carbonyl (C=O) groups is 1. The van der Waals surface area contributed by atoms with Crippen molar-refractivity contribution in [1.29, 1.82) is 0 Å². The molecule has 84 valence electrons. The summed E-state index contributed by atoms with van der Waals surface area (Å²) in [5.74, 6) is 5.39. The maximum absolute atomic E-state index is 11.7. The van der Waals surface area contributed by atoms with Crippen LogP contribution in [-0.4, -0.2) is 12.5 Å². The van der Waals surface area contributed by atoms with Crippen LogP contribution in [0, 0.1) is 11.8 Å². The van der Waals surface area contributed by atoms with E-state index in [1.165, 1.54) is 0 Å². The minimum atomic E-state index is -0.227. The van der Waals surface area contributed by atoms with Crippen LogP contribution in [0.15, 0.2) is 18.2 Å². The number of benzene rings is 1. The third-order valence-electron chi connectivity index (χ3n) is 1.99. The molecule has 0 aromatic heterocycles. The molecule has 16 heavy (non-hydrogen) atoms. The van der Waals surface area contributed by atoms with E-state index >= 15 is 0 Å². The second kappa shape index (κ2) is 6.04. The fourth-order valence-corrected chi connectivity index (χ4v) is 1.40. The van der Waals surface area contributed by atoms with Crippen LogP contribution in [0.1, 0.15) is 23.7 Å². The minimum absolute atomic E-state index is 0.227. The zero-order chi connectivity index (χ0) is 12.0. The van der Waals surface area contributed by atoms with Crippen LogP contribution in [0.2, 0.25) is 5.02 Å². The van der Waals surface area contributed by atoms with E-state index in [2.05, 4.69) is 17.2 Å². The van der Waals surface area contributed by atoms with E-state index in [0.29, 0.717) is 29.2 Å². The maximum atomic E-state index is 11.7. The van der Waals surface area contributed by atoms with Gasteiger partial charge in [-0.05, 0) is 19.1 Å². The van der Waals surface area contributed by atoms with Gasteiger partial charge in [-0.15, -0.1) is 11.8 Å². The molecule has 1 aromatic carbocycles. The summed E-state index contributed by atoms with van der Waals surface area (Å²) in [6.45, 7) is 2.27. The van der Waals surface area contributed by atoms with Crippen LogP contribution in [0.25, 0.3) is 0 Å². The van der Waals surface area contributed by atoms with Gasteiger partial charge in [0.2, 0.25) is 0 Å². The Morgan fingerprint density at radius 3 is 3.00 bits per heavy atom. The van der Waals surface area contributed by atoms with Crippen LogP contribution in [0.4, 0.5) is 5.69 Å². The summed E-state index contributed by atoms with van der Waals surface area (Å²) >= 11 is 5.91. The van der Waals surface area contributed by atoms with Gasteiger partial charge in [-0.3, -0.25) is 4.79 Å². The highest BCUT2D eigenvalue weighted by atomic mass is 35.5. The predicted octanol–water partition coefficient (Wildman–Crippen LogP) is 2.07. The first-order chi connectivity index (χ1) is 7.66. The van der Waals surface area contributed by atoms with E-state index in [4.69, 9.17) is 17.3 Å². The highest BCUT2D eigenvalue weighted by Gasteiger charge is 2.10. The van der Waals surface area contributed by atoms with Crippen molar-refractivity contribution < 1.29 is 4.79 Å². The van der Waals surface area contributed by atoms with E-state index in [0.717, 1.165) is 0 Å². The van der Waals surface area contributed by atoms with E-state index in [1.807, 2.05) is 0 Å². The minimum Gasteiger partial charge on any atom is -0.398 e. The van der Waals surface area contributed by atoms with Gasteiger partial charge in [0.25, 0.3) is 5.91 Å². The molecule has 3 N–H and O–H groups in total. The molecule has 0 aliphatic rings. The van der Waals surface area contributed by atoms with Crippen molar-refractivity contribution in [2.75, 3.05) is 12.3 Å². The lowest BCUT2D eigenvalue weighted by atomic mass is 10.2. The molecule has 0 bridgehead atoms. The molecule has 0 aliphatic carbocycles. The number of anilines is 1. The molecule has 1 rings (SSSR count). The largest absolute Gasteiger partial charge is 0.398 e. The Hall–Kier alpha value is -1.66. The summed E-state index contributed by atoms with van der Waals surface area (Å²) in [5.41, 5.74) is 6.40. The Morgan fingerprint density at radius 2 is 2.31 bits per heavy atom. The number of carbonyl (C=O) groups excluding carboxylic acids is 1. The number of hydrogen-bond donors (Lipinski definition) is 2. The van der Waals surface area contributed by atoms with Crippen LogP contribution in [-0.2, 0) is 0 Å². The van der Waals surface area contributed by atoms with Crippen molar-refractivity contribution in [1.82, 2.24) is 5.32 Å². The molecule has 0 atom stereocenters. The molecule has 0 spiro atoms. The van der Waals surface area contributed by atoms with Gasteiger partial charge in [0, 0.05) is 13.0 Å². The second-order valence-electron chi connectivity index (χ2n) is 3.14. The van der Waals surface area contributed by atoms with Crippen LogP contribution in [0.3, 0.4) is 0 Å². The number of nitrogens with two attached hydrogens (primary N) is 1. The van der Waals surface area contributed by atoms with Gasteiger partial charge in [-0.2, -0.15) is 0 Å². The Bertz CT molecular complexity index is 446. The van der Waals surface area contributed by atoms with Gasteiger partial charge in [0.1, 0.15) is 0 Å². The fraction of sp³-hybridized carbons (Fsp3) is 0.250. The summed E-state index contributed by atoms with van der Waals surface area (Å²) in [5, 5.41) is 3.01. The van der Waals surface area contributed by atoms with E-state index in [1.54, 1.807) is 25.1 Å². The Labute approximate surface area is 100.0 Å². The van der Waals surface area contributed by atoms with Crippen LogP contribution in [0.5, 0.6) is 0 Å². The second-order valence-corrected chi connectivity index (χ2v) is 3.52. The first-order valence-corrected chi connectivity index (χ1v) is 5.26. The van der Waals surface area contributed by atoms with Gasteiger partial charge in [-0.25, -0.2) is 0 Å². The molecule has 0 saturated carbocycles. The van der Waals surface area contributed by atoms with Gasteiger partial charge >= 0.3 is 0 Å². The average Bonchev–Trinajstić information content (AvgIpc) is 2.28. The van der Waals surface area contributed by atoms with Gasteiger partial charge in [0.05, 0.1) is 16.3 Å². The van der Waals surface area contributed by atoms with E-state index < -0.39 is 0 Å². The average molecular weight is 237 g/mol. The van der Waals surface area contributed by atoms with E-state index in [9.17, 15) is 4.79 Å². The lowest BCUT2D eigenvalue weighted by Gasteiger charge is -2.06. The lowest BCUT2D eigenvalue weighted by molar-refractivity contribution is 0.0955. The molecular formula is C12H13ClN2O. The molecule has 0 radical (unpaired) electrons. The number of hydrogen-bond acceptors (Lipinski definition) is 2. The number of halogens is 1. The third kappa shape index (κ3) is 3.18. The van der Waals surface area contributed by atoms with Crippen molar-refractivity contribution in [3.8, 4) is 11.8 Å². The number of amides is 1. The molecule has 0 unspecified atom stereocenters. The summed E-state index contributed by atoms with van der Waals surface area (Å²) in [6.07, 6.45) is 0.627. The van der Waals surface area contributed by atoms with Crippen molar-refractivity contribution in [2.24, 2.45) is 0 Å². The summed E-state index contributed by atoms with van der Waals surface area (Å²) in [6, 6.07) is 4.99. The maximum Gasteiger partial charge on any atom is 0.252 e. The molecule has 0 aliphatic heterocycles. The summed E-state index contributed by atoms with van der Waals surface area (Å²) in [4.78, 5) is 11.7.